The van der Waals surface area contributed by atoms with Crippen LogP contribution in [0.4, 0.5) is 0 Å². The van der Waals surface area contributed by atoms with E-state index in [0.717, 1.165) is 30.4 Å². The van der Waals surface area contributed by atoms with Crippen molar-refractivity contribution in [3.05, 3.63) is 89.5 Å². The molecule has 17 N–H and O–H groups in total. The lowest BCUT2D eigenvalue weighted by Gasteiger charge is -2.31. The molecule has 0 saturated heterocycles. The van der Waals surface area contributed by atoms with E-state index in [2.05, 4.69) is 40.3 Å². The lowest BCUT2D eigenvalue weighted by molar-refractivity contribution is -0.143. The highest BCUT2D eigenvalue weighted by Gasteiger charge is 2.35. The smallest absolute Gasteiger partial charge is 0.490 e. The van der Waals surface area contributed by atoms with Crippen molar-refractivity contribution in [2.75, 3.05) is 13.1 Å². The van der Waals surface area contributed by atoms with Gasteiger partial charge in [0.05, 0.1) is 0 Å². The van der Waals surface area contributed by atoms with Gasteiger partial charge in [0.15, 0.2) is 6.17 Å². The van der Waals surface area contributed by atoms with Crippen LogP contribution in [0.1, 0.15) is 86.2 Å². The van der Waals surface area contributed by atoms with Crippen molar-refractivity contribution >= 4 is 36.7 Å². The van der Waals surface area contributed by atoms with E-state index in [0.29, 0.717) is 54.9 Å². The Kier molecular flexibility index (Phi) is 21.3. The molecule has 61 heavy (non-hydrogen) atoms. The Morgan fingerprint density at radius 3 is 1.77 bits per heavy atom. The maximum atomic E-state index is 14.2. The zero-order valence-corrected chi connectivity index (χ0v) is 34.8. The molecule has 5 unspecified atom stereocenters. The van der Waals surface area contributed by atoms with E-state index in [-0.39, 0.29) is 25.0 Å². The predicted octanol–water partition coefficient (Wildman–Crippen LogP) is -0.239. The van der Waals surface area contributed by atoms with Gasteiger partial charge in [-0.15, -0.1) is 0 Å². The van der Waals surface area contributed by atoms with Gasteiger partial charge < -0.3 is 59.4 Å². The molecule has 3 aromatic carbocycles. The highest BCUT2D eigenvalue weighted by atomic mass is 16.4. The Balaban J connectivity index is 1.81. The summed E-state index contributed by atoms with van der Waals surface area (Å²) in [5, 5.41) is 38.9. The Hall–Kier alpha value is -5.41. The minimum absolute atomic E-state index is 0.0462. The minimum Gasteiger partial charge on any atom is -0.508 e. The normalized spacial score (nSPS) is 13.5. The molecule has 0 aliphatic carbocycles. The number of carbonyl (C=O) groups is 5. The molecular weight excluding hydrogens is 783 g/mol. The average molecular weight is 847 g/mol. The molecule has 0 bridgehead atoms. The van der Waals surface area contributed by atoms with E-state index in [1.807, 2.05) is 24.3 Å². The van der Waals surface area contributed by atoms with Crippen molar-refractivity contribution in [2.24, 2.45) is 28.8 Å². The summed E-state index contributed by atoms with van der Waals surface area (Å²) in [5.41, 5.74) is 26.9. The lowest BCUT2D eigenvalue weighted by Crippen LogP contribution is -2.64. The van der Waals surface area contributed by atoms with Gasteiger partial charge in [-0.05, 0) is 111 Å². The Morgan fingerprint density at radius 2 is 1.21 bits per heavy atom. The van der Waals surface area contributed by atoms with Gasteiger partial charge in [0.1, 0.15) is 29.9 Å². The molecule has 18 nitrogen and oxygen atoms in total. The second-order valence-corrected chi connectivity index (χ2v) is 15.0. The largest absolute Gasteiger partial charge is 0.508 e. The van der Waals surface area contributed by atoms with Crippen LogP contribution in [0.15, 0.2) is 72.8 Å². The van der Waals surface area contributed by atoms with Gasteiger partial charge in [-0.3, -0.25) is 29.0 Å². The van der Waals surface area contributed by atoms with Crippen molar-refractivity contribution in [1.82, 2.24) is 26.3 Å². The molecule has 5 amide bonds. The quantitative estimate of drug-likeness (QED) is 0.0124. The summed E-state index contributed by atoms with van der Waals surface area (Å²) in [6.45, 7) is 2.81. The highest BCUT2D eigenvalue weighted by Crippen LogP contribution is 2.22. The van der Waals surface area contributed by atoms with E-state index in [1.165, 1.54) is 36.2 Å². The summed E-state index contributed by atoms with van der Waals surface area (Å²) in [4.78, 5) is 67.8. The fraction of sp³-hybridized carbons (Fsp3) is 0.452. The number of carbonyl (C=O) groups excluding carboxylic acids is 5. The topological polar surface area (TPSA) is 328 Å². The summed E-state index contributed by atoms with van der Waals surface area (Å²) in [5.74, 6) is 2.26. The molecule has 5 atom stereocenters. The van der Waals surface area contributed by atoms with Crippen molar-refractivity contribution in [1.29, 1.82) is 0 Å². The molecule has 0 saturated carbocycles. The maximum absolute atomic E-state index is 14.2. The van der Waals surface area contributed by atoms with Gasteiger partial charge in [0, 0.05) is 12.0 Å². The third kappa shape index (κ3) is 16.5. The van der Waals surface area contributed by atoms with E-state index in [9.17, 15) is 39.1 Å². The van der Waals surface area contributed by atoms with Crippen molar-refractivity contribution in [3.63, 3.8) is 0 Å². The number of hydrogen-bond donors (Lipinski definition) is 12. The lowest BCUT2D eigenvalue weighted by atomic mass is 9.86. The summed E-state index contributed by atoms with van der Waals surface area (Å²) in [7, 11) is -2.08. The van der Waals surface area contributed by atoms with Crippen LogP contribution in [-0.4, -0.2) is 100 Å². The molecule has 0 aromatic heterocycles. The number of benzene rings is 3. The minimum atomic E-state index is -2.08. The van der Waals surface area contributed by atoms with Crippen LogP contribution in [0.25, 0.3) is 11.1 Å². The summed E-state index contributed by atoms with van der Waals surface area (Å²) in [6.07, 6.45) is 4.62. The second-order valence-electron chi connectivity index (χ2n) is 15.0. The number of phenols is 1. The van der Waals surface area contributed by atoms with Crippen LogP contribution in [0.3, 0.4) is 0 Å². The van der Waals surface area contributed by atoms with E-state index in [1.54, 1.807) is 12.1 Å². The van der Waals surface area contributed by atoms with Crippen molar-refractivity contribution < 1.29 is 39.1 Å². The van der Waals surface area contributed by atoms with Crippen molar-refractivity contribution in [3.8, 4) is 16.9 Å². The molecule has 3 rings (SSSR count). The molecule has 0 spiro atoms. The predicted molar refractivity (Wildman–Crippen MR) is 233 cm³/mol. The number of hydrogen-bond acceptors (Lipinski definition) is 13. The summed E-state index contributed by atoms with van der Waals surface area (Å²) < 4.78 is 0. The molecule has 0 aliphatic rings. The first-order valence-electron chi connectivity index (χ1n) is 20.7. The molecule has 0 aliphatic heterocycles. The molecule has 19 heteroatoms. The number of nitrogens with zero attached hydrogens (tertiary/aromatic N) is 1. The van der Waals surface area contributed by atoms with Crippen LogP contribution in [0.5, 0.6) is 5.75 Å². The number of phenolic OH excluding ortho intramolecular Hbond substituents is 1. The third-order valence-electron chi connectivity index (χ3n) is 10.1. The monoisotopic (exact) mass is 846 g/mol. The zero-order valence-electron chi connectivity index (χ0n) is 34.8. The third-order valence-corrected chi connectivity index (χ3v) is 10.1. The van der Waals surface area contributed by atoms with Crippen LogP contribution < -0.4 is 50.0 Å². The molecule has 332 valence electrons. The first-order valence-corrected chi connectivity index (χ1v) is 20.7. The number of nitrogens with two attached hydrogens (primary N) is 5. The zero-order chi connectivity index (χ0) is 44.9. The number of aryl methyl sites for hydroxylation is 1. The second kappa shape index (κ2) is 26.0. The standard InChI is InChI=1S/C42H63BN10O8/c1-2-3-4-9-27-12-16-29(17-13-27)30-18-20-31(21-19-30)37(55)50-34(11-6-8-25-45)41(59)53(48)35(26-28-14-22-32(54)23-15-28)39(57)51-36(46)40(58)49-33(10-5-7-24-44)38(56)52-42(47)43(60)61/h12-23,33-36,42,54,60-61H,2-11,24-26,44-48H2,1H3,(H,49,58)(H,50,55)(H,51,57)(H,52,56). The van der Waals surface area contributed by atoms with Crippen molar-refractivity contribution in [2.45, 2.75) is 108 Å². The SMILES string of the molecule is CCCCCc1ccc(-c2ccc(C(=O)NC(CCCCN)C(=O)N(N)C(Cc3ccc(O)cc3)C(=O)NC(N)C(=O)NC(CCCCN)C(=O)NC(N)B(O)O)cc2)cc1. The number of aromatic hydroxyl groups is 1. The van der Waals surface area contributed by atoms with Gasteiger partial charge in [-0.25, -0.2) is 5.84 Å². The Labute approximate surface area is 357 Å². The van der Waals surface area contributed by atoms with Gasteiger partial charge in [0.25, 0.3) is 17.7 Å². The van der Waals surface area contributed by atoms with Gasteiger partial charge in [-0.2, -0.15) is 0 Å². The van der Waals surface area contributed by atoms with Crippen LogP contribution >= 0.6 is 0 Å². The molecular formula is C42H63BN10O8. The first kappa shape index (κ1) is 50.0. The molecule has 0 radical (unpaired) electrons. The molecule has 3 aromatic rings. The van der Waals surface area contributed by atoms with Crippen LogP contribution in [0, 0.1) is 0 Å². The van der Waals surface area contributed by atoms with E-state index < -0.39 is 67.0 Å². The highest BCUT2D eigenvalue weighted by molar-refractivity contribution is 6.43. The number of hydrazine groups is 1. The number of amides is 5. The fourth-order valence-electron chi connectivity index (χ4n) is 6.43. The average Bonchev–Trinajstić information content (AvgIpc) is 3.25. The summed E-state index contributed by atoms with van der Waals surface area (Å²) in [6, 6.07) is 15.6. The molecule has 0 heterocycles. The van der Waals surface area contributed by atoms with Crippen LogP contribution in [0.2, 0.25) is 0 Å². The van der Waals surface area contributed by atoms with Gasteiger partial charge in [-0.1, -0.05) is 68.3 Å². The van der Waals surface area contributed by atoms with E-state index >= 15 is 0 Å². The van der Waals surface area contributed by atoms with Gasteiger partial charge >= 0.3 is 7.12 Å². The number of rotatable bonds is 26. The Morgan fingerprint density at radius 1 is 0.656 bits per heavy atom. The van der Waals surface area contributed by atoms with Crippen LogP contribution in [-0.2, 0) is 32.0 Å². The number of nitrogens with one attached hydrogen (secondary N) is 4. The maximum Gasteiger partial charge on any atom is 0.490 e. The fourth-order valence-corrected chi connectivity index (χ4v) is 6.43. The first-order chi connectivity index (χ1) is 29.2. The molecule has 0 fully saturated rings. The Bertz CT molecular complexity index is 1840. The van der Waals surface area contributed by atoms with Gasteiger partial charge in [0.2, 0.25) is 11.8 Å². The summed E-state index contributed by atoms with van der Waals surface area (Å²) >= 11 is 0. The number of unbranched alkanes of at least 4 members (excludes halogenated alkanes) is 4. The van der Waals surface area contributed by atoms with E-state index in [4.69, 9.17) is 28.8 Å².